The van der Waals surface area contributed by atoms with Crippen molar-refractivity contribution in [3.05, 3.63) is 34.4 Å². The van der Waals surface area contributed by atoms with Crippen molar-refractivity contribution in [1.82, 2.24) is 4.98 Å². The third-order valence-electron chi connectivity index (χ3n) is 3.55. The number of quaternary nitrogens is 1. The van der Waals surface area contributed by atoms with Crippen LogP contribution in [0.15, 0.2) is 28.9 Å². The van der Waals surface area contributed by atoms with Crippen LogP contribution in [0.25, 0.3) is 10.9 Å². The number of ether oxygens (including phenoxy) is 1. The van der Waals surface area contributed by atoms with Crippen LogP contribution in [-0.2, 0) is 16.0 Å². The average Bonchev–Trinajstić information content (AvgIpc) is 2.75. The van der Waals surface area contributed by atoms with Crippen LogP contribution >= 0.6 is 15.9 Å². The van der Waals surface area contributed by atoms with Crippen LogP contribution in [0.3, 0.4) is 0 Å². The Kier molecular flexibility index (Phi) is 4.20. The molecule has 0 aliphatic heterocycles. The normalized spacial score (nSPS) is 13.4. The zero-order valence-electron chi connectivity index (χ0n) is 12.2. The van der Waals surface area contributed by atoms with Gasteiger partial charge in [0.15, 0.2) is 6.04 Å². The fourth-order valence-electron chi connectivity index (χ4n) is 2.35. The van der Waals surface area contributed by atoms with Crippen molar-refractivity contribution in [3.63, 3.8) is 0 Å². The molecule has 4 nitrogen and oxygen atoms in total. The first kappa shape index (κ1) is 15.1. The second-order valence-electron chi connectivity index (χ2n) is 5.86. The van der Waals surface area contributed by atoms with Crippen molar-refractivity contribution in [3.8, 4) is 0 Å². The fraction of sp³-hybridized carbons (Fsp3) is 0.400. The Morgan fingerprint density at radius 1 is 1.40 bits per heavy atom. The van der Waals surface area contributed by atoms with Gasteiger partial charge >= 0.3 is 5.97 Å². The molecule has 1 N–H and O–H groups in total. The topological polar surface area (TPSA) is 42.1 Å². The van der Waals surface area contributed by atoms with E-state index in [0.717, 1.165) is 20.9 Å². The first-order valence-electron chi connectivity index (χ1n) is 6.47. The fourth-order valence-corrected chi connectivity index (χ4v) is 2.71. The summed E-state index contributed by atoms with van der Waals surface area (Å²) >= 11 is 3.46. The molecule has 0 saturated heterocycles. The third-order valence-corrected chi connectivity index (χ3v) is 4.04. The molecule has 0 fully saturated rings. The van der Waals surface area contributed by atoms with Crippen LogP contribution in [0.4, 0.5) is 0 Å². The van der Waals surface area contributed by atoms with Crippen LogP contribution < -0.4 is 0 Å². The summed E-state index contributed by atoms with van der Waals surface area (Å²) in [6.45, 7) is 0. The lowest BCUT2D eigenvalue weighted by molar-refractivity contribution is -0.887. The number of aromatic amines is 1. The molecular weight excluding hydrogens is 320 g/mol. The van der Waals surface area contributed by atoms with Gasteiger partial charge in [-0.3, -0.25) is 0 Å². The van der Waals surface area contributed by atoms with Gasteiger partial charge in [0.25, 0.3) is 0 Å². The zero-order chi connectivity index (χ0) is 14.9. The number of halogens is 1. The number of benzene rings is 1. The van der Waals surface area contributed by atoms with Crippen molar-refractivity contribution in [2.45, 2.75) is 12.5 Å². The average molecular weight is 340 g/mol. The summed E-state index contributed by atoms with van der Waals surface area (Å²) < 4.78 is 6.52. The van der Waals surface area contributed by atoms with Gasteiger partial charge in [-0.15, -0.1) is 0 Å². The summed E-state index contributed by atoms with van der Waals surface area (Å²) in [5, 5.41) is 1.15. The molecule has 1 aromatic heterocycles. The van der Waals surface area contributed by atoms with E-state index in [1.54, 1.807) is 0 Å². The lowest BCUT2D eigenvalue weighted by Crippen LogP contribution is -2.51. The highest BCUT2D eigenvalue weighted by molar-refractivity contribution is 9.10. The molecule has 0 aliphatic rings. The van der Waals surface area contributed by atoms with E-state index in [9.17, 15) is 4.79 Å². The smallest absolute Gasteiger partial charge is 0.365 e. The molecule has 0 spiro atoms. The van der Waals surface area contributed by atoms with Crippen molar-refractivity contribution in [1.29, 1.82) is 0 Å². The lowest BCUT2D eigenvalue weighted by Gasteiger charge is -2.31. The van der Waals surface area contributed by atoms with E-state index in [4.69, 9.17) is 4.74 Å². The highest BCUT2D eigenvalue weighted by Crippen LogP contribution is 2.24. The van der Waals surface area contributed by atoms with Crippen LogP contribution in [0.5, 0.6) is 0 Å². The molecule has 20 heavy (non-hydrogen) atoms. The number of hydrogen-bond donors (Lipinski definition) is 1. The number of aromatic nitrogens is 1. The van der Waals surface area contributed by atoms with Gasteiger partial charge in [0.2, 0.25) is 0 Å². The lowest BCUT2D eigenvalue weighted by atomic mass is 10.0. The number of carbonyl (C=O) groups is 1. The van der Waals surface area contributed by atoms with E-state index in [2.05, 4.69) is 27.0 Å². The van der Waals surface area contributed by atoms with E-state index in [1.807, 2.05) is 39.5 Å². The second-order valence-corrected chi connectivity index (χ2v) is 6.78. The maximum atomic E-state index is 12.0. The SMILES string of the molecule is COC(=O)[C@H](Cc1c[nH]c2cc(Br)ccc12)[N+](C)(C)C. The number of rotatable bonds is 4. The minimum atomic E-state index is -0.220. The summed E-state index contributed by atoms with van der Waals surface area (Å²) in [5.74, 6) is -0.177. The van der Waals surface area contributed by atoms with Crippen molar-refractivity contribution in [2.75, 3.05) is 28.3 Å². The van der Waals surface area contributed by atoms with Gasteiger partial charge in [0.05, 0.1) is 28.3 Å². The van der Waals surface area contributed by atoms with Crippen molar-refractivity contribution in [2.24, 2.45) is 0 Å². The number of nitrogens with zero attached hydrogens (tertiary/aromatic N) is 1. The maximum Gasteiger partial charge on any atom is 0.365 e. The first-order chi connectivity index (χ1) is 9.32. The number of nitrogens with one attached hydrogen (secondary N) is 1. The summed E-state index contributed by atoms with van der Waals surface area (Å²) in [6.07, 6.45) is 2.63. The van der Waals surface area contributed by atoms with Crippen LogP contribution in [0.1, 0.15) is 5.56 Å². The largest absolute Gasteiger partial charge is 0.465 e. The minimum Gasteiger partial charge on any atom is -0.465 e. The molecule has 0 radical (unpaired) electrons. The Morgan fingerprint density at radius 2 is 2.10 bits per heavy atom. The molecule has 5 heteroatoms. The predicted molar refractivity (Wildman–Crippen MR) is 83.5 cm³/mol. The van der Waals surface area contributed by atoms with E-state index >= 15 is 0 Å². The predicted octanol–water partition coefficient (Wildman–Crippen LogP) is 2.72. The molecular formula is C15H20BrN2O2+. The summed E-state index contributed by atoms with van der Waals surface area (Å²) in [4.78, 5) is 15.3. The van der Waals surface area contributed by atoms with Gasteiger partial charge in [-0.25, -0.2) is 4.79 Å². The molecule has 2 aromatic rings. The maximum absolute atomic E-state index is 12.0. The Bertz CT molecular complexity index is 628. The summed E-state index contributed by atoms with van der Waals surface area (Å²) in [6, 6.07) is 5.90. The van der Waals surface area contributed by atoms with E-state index < -0.39 is 0 Å². The number of H-pyrrole nitrogens is 1. The van der Waals surface area contributed by atoms with Crippen LogP contribution in [-0.4, -0.2) is 49.7 Å². The number of hydrogen-bond acceptors (Lipinski definition) is 2. The third kappa shape index (κ3) is 3.04. The Hall–Kier alpha value is -1.33. The van der Waals surface area contributed by atoms with Crippen LogP contribution in [0.2, 0.25) is 0 Å². The number of methoxy groups -OCH3 is 1. The standard InChI is InChI=1S/C15H20BrN2O2/c1-18(2,3)14(15(19)20-4)7-10-9-17-13-8-11(16)5-6-12(10)13/h5-6,8-9,14,17H,7H2,1-4H3/q+1/t14-/m0/s1. The van der Waals surface area contributed by atoms with Gasteiger partial charge in [0, 0.05) is 28.0 Å². The molecule has 1 atom stereocenters. The van der Waals surface area contributed by atoms with Crippen LogP contribution in [0, 0.1) is 0 Å². The molecule has 1 aromatic carbocycles. The Balaban J connectivity index is 2.36. The number of fused-ring (bicyclic) bond motifs is 1. The summed E-state index contributed by atoms with van der Waals surface area (Å²) in [5.41, 5.74) is 2.20. The van der Waals surface area contributed by atoms with Gasteiger partial charge in [-0.2, -0.15) is 0 Å². The van der Waals surface area contributed by atoms with E-state index in [0.29, 0.717) is 10.9 Å². The number of likely N-dealkylation sites (N-methyl/N-ethyl adjacent to an activating group) is 1. The van der Waals surface area contributed by atoms with Gasteiger partial charge < -0.3 is 14.2 Å². The highest BCUT2D eigenvalue weighted by Gasteiger charge is 2.33. The minimum absolute atomic E-state index is 0.177. The molecule has 0 amide bonds. The van der Waals surface area contributed by atoms with Gasteiger partial charge in [-0.05, 0) is 17.7 Å². The van der Waals surface area contributed by atoms with Gasteiger partial charge in [0.1, 0.15) is 0 Å². The molecule has 1 heterocycles. The molecule has 108 valence electrons. The highest BCUT2D eigenvalue weighted by atomic mass is 79.9. The summed E-state index contributed by atoms with van der Waals surface area (Å²) in [7, 11) is 7.46. The van der Waals surface area contributed by atoms with E-state index in [1.165, 1.54) is 7.11 Å². The molecule has 0 bridgehead atoms. The molecule has 0 unspecified atom stereocenters. The number of carbonyl (C=O) groups excluding carboxylic acids is 1. The Labute approximate surface area is 127 Å². The number of esters is 1. The van der Waals surface area contributed by atoms with Gasteiger partial charge in [-0.1, -0.05) is 22.0 Å². The molecule has 2 rings (SSSR count). The monoisotopic (exact) mass is 339 g/mol. The Morgan fingerprint density at radius 3 is 2.70 bits per heavy atom. The first-order valence-corrected chi connectivity index (χ1v) is 7.26. The van der Waals surface area contributed by atoms with Crippen molar-refractivity contribution >= 4 is 32.8 Å². The zero-order valence-corrected chi connectivity index (χ0v) is 13.8. The van der Waals surface area contributed by atoms with E-state index in [-0.39, 0.29) is 12.0 Å². The van der Waals surface area contributed by atoms with Crippen molar-refractivity contribution < 1.29 is 14.0 Å². The molecule has 0 aliphatic carbocycles. The molecule has 0 saturated carbocycles. The quantitative estimate of drug-likeness (QED) is 0.687. The second kappa shape index (κ2) is 5.58.